The van der Waals surface area contributed by atoms with Crippen LogP contribution >= 0.6 is 0 Å². The highest BCUT2D eigenvalue weighted by atomic mass is 16.5. The quantitative estimate of drug-likeness (QED) is 0.665. The predicted octanol–water partition coefficient (Wildman–Crippen LogP) is 4.92. The number of aryl methyl sites for hydroxylation is 2. The van der Waals surface area contributed by atoms with Crippen LogP contribution in [0, 0.1) is 19.8 Å². The van der Waals surface area contributed by atoms with E-state index in [0.717, 1.165) is 16.9 Å². The van der Waals surface area contributed by atoms with E-state index in [1.54, 1.807) is 6.92 Å². The van der Waals surface area contributed by atoms with E-state index in [2.05, 4.69) is 17.6 Å². The minimum atomic E-state index is -0.592. The molecule has 1 heterocycles. The zero-order chi connectivity index (χ0) is 21.8. The number of allylic oxidation sites excluding steroid dienone is 1. The molecule has 158 valence electrons. The third-order valence-corrected chi connectivity index (χ3v) is 5.10. The maximum atomic E-state index is 12.7. The van der Waals surface area contributed by atoms with Gasteiger partial charge in [0.1, 0.15) is 11.5 Å². The van der Waals surface area contributed by atoms with Crippen molar-refractivity contribution < 1.29 is 19.1 Å². The first-order valence-electron chi connectivity index (χ1n) is 10.1. The van der Waals surface area contributed by atoms with Crippen molar-refractivity contribution in [3.63, 3.8) is 0 Å². The number of rotatable bonds is 6. The Morgan fingerprint density at radius 2 is 1.70 bits per heavy atom. The van der Waals surface area contributed by atoms with Gasteiger partial charge in [-0.15, -0.1) is 0 Å². The molecule has 2 N–H and O–H groups in total. The lowest BCUT2D eigenvalue weighted by Crippen LogP contribution is -2.47. The van der Waals surface area contributed by atoms with Crippen LogP contribution in [0.5, 0.6) is 11.5 Å². The van der Waals surface area contributed by atoms with E-state index in [1.807, 2.05) is 63.2 Å². The topological polar surface area (TPSA) is 76.7 Å². The van der Waals surface area contributed by atoms with E-state index in [0.29, 0.717) is 17.0 Å². The minimum Gasteiger partial charge on any atom is -0.463 e. The molecule has 1 aliphatic heterocycles. The third kappa shape index (κ3) is 4.64. The second kappa shape index (κ2) is 9.03. The van der Waals surface area contributed by atoms with Crippen LogP contribution in [0.15, 0.2) is 53.7 Å². The molecular weight excluding hydrogens is 380 g/mol. The molecule has 0 fully saturated rings. The first kappa shape index (κ1) is 21.4. The van der Waals surface area contributed by atoms with Gasteiger partial charge in [-0.05, 0) is 67.6 Å². The lowest BCUT2D eigenvalue weighted by Gasteiger charge is -2.31. The molecule has 0 bridgehead atoms. The highest BCUT2D eigenvalue weighted by Gasteiger charge is 2.34. The number of hydrogen-bond acceptors (Lipinski definition) is 4. The van der Waals surface area contributed by atoms with Crippen LogP contribution in [0.4, 0.5) is 4.79 Å². The number of benzene rings is 2. The maximum Gasteiger partial charge on any atom is 0.338 e. The van der Waals surface area contributed by atoms with Crippen molar-refractivity contribution in [1.82, 2.24) is 10.6 Å². The highest BCUT2D eigenvalue weighted by Crippen LogP contribution is 2.32. The van der Waals surface area contributed by atoms with Crippen molar-refractivity contribution in [3.8, 4) is 11.5 Å². The van der Waals surface area contributed by atoms with Crippen molar-refractivity contribution in [2.45, 2.75) is 40.7 Å². The number of amides is 2. The summed E-state index contributed by atoms with van der Waals surface area (Å²) in [7, 11) is 0. The largest absolute Gasteiger partial charge is 0.463 e. The number of urea groups is 1. The summed E-state index contributed by atoms with van der Waals surface area (Å²) in [5.41, 5.74) is 4.15. The third-order valence-electron chi connectivity index (χ3n) is 5.10. The molecule has 1 aliphatic rings. The molecule has 30 heavy (non-hydrogen) atoms. The van der Waals surface area contributed by atoms with Crippen molar-refractivity contribution >= 4 is 12.0 Å². The summed E-state index contributed by atoms with van der Waals surface area (Å²) < 4.78 is 11.2. The summed E-state index contributed by atoms with van der Waals surface area (Å²) in [6.07, 6.45) is 0. The Hall–Kier alpha value is -3.28. The lowest BCUT2D eigenvalue weighted by atomic mass is 9.91. The van der Waals surface area contributed by atoms with Crippen LogP contribution in [0.1, 0.15) is 43.5 Å². The van der Waals surface area contributed by atoms with E-state index in [9.17, 15) is 9.59 Å². The summed E-state index contributed by atoms with van der Waals surface area (Å²) in [6.45, 7) is 9.98. The fraction of sp³-hybridized carbons (Fsp3) is 0.333. The molecule has 0 aromatic heterocycles. The Bertz CT molecular complexity index is 977. The van der Waals surface area contributed by atoms with Gasteiger partial charge in [-0.1, -0.05) is 32.0 Å². The molecule has 2 aromatic rings. The van der Waals surface area contributed by atoms with Gasteiger partial charge in [-0.2, -0.15) is 0 Å². The van der Waals surface area contributed by atoms with Crippen LogP contribution < -0.4 is 15.4 Å². The first-order valence-corrected chi connectivity index (χ1v) is 10.1. The average molecular weight is 408 g/mol. The predicted molar refractivity (Wildman–Crippen MR) is 115 cm³/mol. The van der Waals surface area contributed by atoms with Gasteiger partial charge in [-0.3, -0.25) is 0 Å². The van der Waals surface area contributed by atoms with Crippen LogP contribution in [-0.4, -0.2) is 18.6 Å². The van der Waals surface area contributed by atoms with Gasteiger partial charge in [0.15, 0.2) is 0 Å². The maximum absolute atomic E-state index is 12.7. The first-order chi connectivity index (χ1) is 14.3. The van der Waals surface area contributed by atoms with E-state index in [1.165, 1.54) is 5.56 Å². The van der Waals surface area contributed by atoms with Crippen molar-refractivity contribution in [3.05, 3.63) is 70.4 Å². The Morgan fingerprint density at radius 1 is 1.03 bits per heavy atom. The Kier molecular flexibility index (Phi) is 6.45. The van der Waals surface area contributed by atoms with Crippen LogP contribution in [-0.2, 0) is 9.53 Å². The van der Waals surface area contributed by atoms with Crippen molar-refractivity contribution in [1.29, 1.82) is 0 Å². The van der Waals surface area contributed by atoms with Gasteiger partial charge >= 0.3 is 12.0 Å². The normalized spacial score (nSPS) is 16.2. The molecule has 1 atom stereocenters. The fourth-order valence-corrected chi connectivity index (χ4v) is 3.37. The summed E-state index contributed by atoms with van der Waals surface area (Å²) in [4.78, 5) is 24.9. The second-order valence-corrected chi connectivity index (χ2v) is 7.65. The van der Waals surface area contributed by atoms with Crippen LogP contribution in [0.2, 0.25) is 0 Å². The highest BCUT2D eigenvalue weighted by molar-refractivity contribution is 5.95. The standard InChI is InChI=1S/C24H28N2O4/c1-6-29-23(27)20-21(14(2)3)25-24(28)26-22(20)17-8-11-18(12-9-17)30-19-10-7-15(4)16(5)13-19/h7-14,22H,6H2,1-5H3,(H2,25,26,28). The molecule has 0 radical (unpaired) electrons. The Balaban J connectivity index is 1.90. The SMILES string of the molecule is CCOC(=O)C1=C(C(C)C)NC(=O)NC1c1ccc(Oc2ccc(C)c(C)c2)cc1. The molecule has 0 aliphatic carbocycles. The monoisotopic (exact) mass is 408 g/mol. The summed E-state index contributed by atoms with van der Waals surface area (Å²) in [6, 6.07) is 12.4. The minimum absolute atomic E-state index is 0.0367. The fourth-order valence-electron chi connectivity index (χ4n) is 3.37. The van der Waals surface area contributed by atoms with Gasteiger partial charge < -0.3 is 20.1 Å². The van der Waals surface area contributed by atoms with Crippen molar-refractivity contribution in [2.24, 2.45) is 5.92 Å². The smallest absolute Gasteiger partial charge is 0.338 e. The van der Waals surface area contributed by atoms with Gasteiger partial charge in [0.05, 0.1) is 18.2 Å². The van der Waals surface area contributed by atoms with Gasteiger partial charge in [0, 0.05) is 5.70 Å². The molecular formula is C24H28N2O4. The molecule has 6 heteroatoms. The van der Waals surface area contributed by atoms with E-state index >= 15 is 0 Å². The molecule has 2 amide bonds. The molecule has 0 saturated carbocycles. The van der Waals surface area contributed by atoms with Crippen LogP contribution in [0.3, 0.4) is 0 Å². The molecule has 1 unspecified atom stereocenters. The Morgan fingerprint density at radius 3 is 2.30 bits per heavy atom. The summed E-state index contributed by atoms with van der Waals surface area (Å²) in [5.74, 6) is 0.961. The lowest BCUT2D eigenvalue weighted by molar-refractivity contribution is -0.139. The molecule has 3 rings (SSSR count). The number of esters is 1. The number of hydrogen-bond donors (Lipinski definition) is 2. The zero-order valence-electron chi connectivity index (χ0n) is 18.0. The van der Waals surface area contributed by atoms with Crippen molar-refractivity contribution in [2.75, 3.05) is 6.61 Å². The summed E-state index contributed by atoms with van der Waals surface area (Å²) in [5, 5.41) is 5.60. The number of nitrogens with one attached hydrogen (secondary N) is 2. The van der Waals surface area contributed by atoms with Crippen LogP contribution in [0.25, 0.3) is 0 Å². The number of carbonyl (C=O) groups excluding carboxylic acids is 2. The van der Waals surface area contributed by atoms with E-state index in [4.69, 9.17) is 9.47 Å². The van der Waals surface area contributed by atoms with Gasteiger partial charge in [0.2, 0.25) is 0 Å². The zero-order valence-corrected chi connectivity index (χ0v) is 18.0. The molecule has 0 spiro atoms. The summed E-state index contributed by atoms with van der Waals surface area (Å²) >= 11 is 0. The average Bonchev–Trinajstić information content (AvgIpc) is 2.70. The van der Waals surface area contributed by atoms with Gasteiger partial charge in [-0.25, -0.2) is 9.59 Å². The van der Waals surface area contributed by atoms with Gasteiger partial charge in [0.25, 0.3) is 0 Å². The molecule has 6 nitrogen and oxygen atoms in total. The molecule has 2 aromatic carbocycles. The second-order valence-electron chi connectivity index (χ2n) is 7.65. The van der Waals surface area contributed by atoms with E-state index in [-0.39, 0.29) is 18.6 Å². The number of ether oxygens (including phenoxy) is 2. The molecule has 0 saturated heterocycles. The number of carbonyl (C=O) groups is 2. The van der Waals surface area contributed by atoms with E-state index < -0.39 is 12.0 Å². The Labute approximate surface area is 177 Å².